The molecule has 33 heavy (non-hydrogen) atoms. The molecule has 1 unspecified atom stereocenters. The molecule has 0 amide bonds. The maximum Gasteiger partial charge on any atom is 0.573 e. The quantitative estimate of drug-likeness (QED) is 0.601. The molecule has 3 atom stereocenters. The standard InChI is InChI=1S/C23H25F3N2O4S/c1-15-12-27(19-6-8-20(9-7-19)32-23(24,25)26)13-16(2)28(15)33(30,31)21-10-5-17-3-4-18(14-29)22(17)11-21/h5-11,14-16,18H,3-4,12-13H2,1-2H3/t15-,16+,18?. The van der Waals surface area contributed by atoms with Crippen LogP contribution in [0.4, 0.5) is 18.9 Å². The van der Waals surface area contributed by atoms with E-state index in [1.54, 1.807) is 18.2 Å². The highest BCUT2D eigenvalue weighted by atomic mass is 32.2. The molecule has 178 valence electrons. The van der Waals surface area contributed by atoms with Crippen molar-refractivity contribution in [1.82, 2.24) is 4.31 Å². The summed E-state index contributed by atoms with van der Waals surface area (Å²) >= 11 is 0. The summed E-state index contributed by atoms with van der Waals surface area (Å²) in [7, 11) is -3.80. The lowest BCUT2D eigenvalue weighted by Crippen LogP contribution is -2.58. The van der Waals surface area contributed by atoms with Gasteiger partial charge < -0.3 is 14.4 Å². The molecule has 0 radical (unpaired) electrons. The fraction of sp³-hybridized carbons (Fsp3) is 0.435. The minimum absolute atomic E-state index is 0.177. The van der Waals surface area contributed by atoms with Gasteiger partial charge in [-0.1, -0.05) is 6.07 Å². The van der Waals surface area contributed by atoms with Gasteiger partial charge in [0.05, 0.1) is 4.90 Å². The Hall–Kier alpha value is -2.59. The van der Waals surface area contributed by atoms with E-state index in [0.29, 0.717) is 25.2 Å². The molecule has 1 fully saturated rings. The summed E-state index contributed by atoms with van der Waals surface area (Å²) in [4.78, 5) is 13.5. The minimum atomic E-state index is -4.76. The van der Waals surface area contributed by atoms with Crippen LogP contribution in [0.3, 0.4) is 0 Å². The lowest BCUT2D eigenvalue weighted by atomic mass is 10.0. The first kappa shape index (κ1) is 23.6. The molecule has 4 rings (SSSR count). The smallest absolute Gasteiger partial charge is 0.406 e. The van der Waals surface area contributed by atoms with Gasteiger partial charge in [-0.2, -0.15) is 4.31 Å². The van der Waals surface area contributed by atoms with Crippen molar-refractivity contribution in [2.24, 2.45) is 0 Å². The number of anilines is 1. The van der Waals surface area contributed by atoms with Crippen LogP contribution in [0, 0.1) is 0 Å². The number of ether oxygens (including phenoxy) is 1. The molecule has 10 heteroatoms. The van der Waals surface area contributed by atoms with Crippen LogP contribution in [0.5, 0.6) is 5.75 Å². The van der Waals surface area contributed by atoms with E-state index in [-0.39, 0.29) is 28.6 Å². The number of benzene rings is 2. The first-order valence-corrected chi connectivity index (χ1v) is 12.2. The van der Waals surface area contributed by atoms with Crippen LogP contribution in [0.15, 0.2) is 47.4 Å². The fourth-order valence-corrected chi connectivity index (χ4v) is 6.73. The molecule has 1 aliphatic heterocycles. The van der Waals surface area contributed by atoms with Crippen molar-refractivity contribution in [3.8, 4) is 5.75 Å². The average Bonchev–Trinajstić information content (AvgIpc) is 3.15. The SMILES string of the molecule is C[C@@H]1CN(c2ccc(OC(F)(F)F)cc2)C[C@H](C)N1S(=O)(=O)c1ccc2c(c1)C(C=O)CC2. The Morgan fingerprint density at radius 3 is 2.24 bits per heavy atom. The summed E-state index contributed by atoms with van der Waals surface area (Å²) in [6, 6.07) is 9.83. The molecule has 1 heterocycles. The predicted molar refractivity (Wildman–Crippen MR) is 117 cm³/mol. The number of alkyl halides is 3. The Morgan fingerprint density at radius 2 is 1.67 bits per heavy atom. The Kier molecular flexibility index (Phi) is 6.17. The first-order valence-electron chi connectivity index (χ1n) is 10.7. The van der Waals surface area contributed by atoms with Gasteiger partial charge in [0.2, 0.25) is 10.0 Å². The lowest BCUT2D eigenvalue weighted by molar-refractivity contribution is -0.274. The van der Waals surface area contributed by atoms with E-state index >= 15 is 0 Å². The minimum Gasteiger partial charge on any atom is -0.406 e. The monoisotopic (exact) mass is 482 g/mol. The second kappa shape index (κ2) is 8.64. The normalized spacial score (nSPS) is 23.9. The number of carbonyl (C=O) groups is 1. The van der Waals surface area contributed by atoms with Crippen LogP contribution in [-0.2, 0) is 21.2 Å². The zero-order valence-electron chi connectivity index (χ0n) is 18.2. The van der Waals surface area contributed by atoms with E-state index < -0.39 is 16.4 Å². The molecule has 0 N–H and O–H groups in total. The Balaban J connectivity index is 1.53. The number of rotatable bonds is 5. The van der Waals surface area contributed by atoms with Gasteiger partial charge in [0.1, 0.15) is 12.0 Å². The molecule has 6 nitrogen and oxygen atoms in total. The summed E-state index contributed by atoms with van der Waals surface area (Å²) in [6.07, 6.45) is -2.43. The zero-order valence-corrected chi connectivity index (χ0v) is 19.1. The maximum atomic E-state index is 13.5. The van der Waals surface area contributed by atoms with E-state index in [4.69, 9.17) is 0 Å². The second-order valence-electron chi connectivity index (χ2n) is 8.62. The van der Waals surface area contributed by atoms with E-state index in [0.717, 1.165) is 23.8 Å². The van der Waals surface area contributed by atoms with Crippen LogP contribution in [0.2, 0.25) is 0 Å². The van der Waals surface area contributed by atoms with Gasteiger partial charge >= 0.3 is 6.36 Å². The summed E-state index contributed by atoms with van der Waals surface area (Å²) in [5.74, 6) is -0.579. The molecule has 0 saturated carbocycles. The van der Waals surface area contributed by atoms with Crippen molar-refractivity contribution in [2.75, 3.05) is 18.0 Å². The number of aryl methyl sites for hydroxylation is 1. The molecule has 2 aromatic rings. The van der Waals surface area contributed by atoms with Gasteiger partial charge in [-0.05, 0) is 74.2 Å². The van der Waals surface area contributed by atoms with Crippen LogP contribution in [0.25, 0.3) is 0 Å². The molecular weight excluding hydrogens is 457 g/mol. The predicted octanol–water partition coefficient (Wildman–Crippen LogP) is 4.10. The largest absolute Gasteiger partial charge is 0.573 e. The number of fused-ring (bicyclic) bond motifs is 1. The Labute approximate surface area is 191 Å². The highest BCUT2D eigenvalue weighted by Crippen LogP contribution is 2.35. The molecule has 1 saturated heterocycles. The van der Waals surface area contributed by atoms with Gasteiger partial charge in [0, 0.05) is 36.8 Å². The number of halogens is 3. The second-order valence-corrected chi connectivity index (χ2v) is 10.5. The number of aldehydes is 1. The Bertz CT molecular complexity index is 1120. The number of hydrogen-bond donors (Lipinski definition) is 0. The van der Waals surface area contributed by atoms with Crippen molar-refractivity contribution >= 4 is 22.0 Å². The average molecular weight is 483 g/mol. The summed E-state index contributed by atoms with van der Waals surface area (Å²) in [6.45, 7) is 4.38. The number of piperazine rings is 1. The van der Waals surface area contributed by atoms with E-state index in [1.165, 1.54) is 28.6 Å². The van der Waals surface area contributed by atoms with Gasteiger partial charge in [0.15, 0.2) is 0 Å². The third kappa shape index (κ3) is 4.72. The van der Waals surface area contributed by atoms with E-state index in [2.05, 4.69) is 4.74 Å². The van der Waals surface area contributed by atoms with Crippen molar-refractivity contribution in [1.29, 1.82) is 0 Å². The topological polar surface area (TPSA) is 66.9 Å². The van der Waals surface area contributed by atoms with Crippen LogP contribution in [-0.4, -0.2) is 50.5 Å². The molecule has 2 aliphatic rings. The number of sulfonamides is 1. The summed E-state index contributed by atoms with van der Waals surface area (Å²) in [5.41, 5.74) is 2.48. The maximum absolute atomic E-state index is 13.5. The highest BCUT2D eigenvalue weighted by molar-refractivity contribution is 7.89. The van der Waals surface area contributed by atoms with Crippen molar-refractivity contribution in [3.05, 3.63) is 53.6 Å². The van der Waals surface area contributed by atoms with E-state index in [1.807, 2.05) is 18.7 Å². The molecule has 0 spiro atoms. The molecule has 2 aromatic carbocycles. The molecule has 1 aliphatic carbocycles. The fourth-order valence-electron chi connectivity index (χ4n) is 4.89. The lowest BCUT2D eigenvalue weighted by Gasteiger charge is -2.44. The van der Waals surface area contributed by atoms with Gasteiger partial charge in [0.25, 0.3) is 0 Å². The van der Waals surface area contributed by atoms with Gasteiger partial charge in [-0.15, -0.1) is 13.2 Å². The first-order chi connectivity index (χ1) is 15.5. The van der Waals surface area contributed by atoms with Crippen LogP contribution >= 0.6 is 0 Å². The molecule has 0 aromatic heterocycles. The third-order valence-electron chi connectivity index (χ3n) is 6.25. The Morgan fingerprint density at radius 1 is 1.03 bits per heavy atom. The van der Waals surface area contributed by atoms with Crippen LogP contribution in [0.1, 0.15) is 37.3 Å². The zero-order chi connectivity index (χ0) is 24.0. The number of hydrogen-bond acceptors (Lipinski definition) is 5. The van der Waals surface area contributed by atoms with Gasteiger partial charge in [-0.25, -0.2) is 8.42 Å². The van der Waals surface area contributed by atoms with E-state index in [9.17, 15) is 26.4 Å². The third-order valence-corrected chi connectivity index (χ3v) is 8.38. The van der Waals surface area contributed by atoms with Crippen molar-refractivity contribution < 1.29 is 31.1 Å². The highest BCUT2D eigenvalue weighted by Gasteiger charge is 2.39. The van der Waals surface area contributed by atoms with Crippen molar-refractivity contribution in [3.63, 3.8) is 0 Å². The molecule has 0 bridgehead atoms. The summed E-state index contributed by atoms with van der Waals surface area (Å²) in [5, 5.41) is 0. The van der Waals surface area contributed by atoms with Gasteiger partial charge in [-0.3, -0.25) is 0 Å². The van der Waals surface area contributed by atoms with Crippen molar-refractivity contribution in [2.45, 2.75) is 55.9 Å². The molecular formula is C23H25F3N2O4S. The van der Waals surface area contributed by atoms with Crippen LogP contribution < -0.4 is 9.64 Å². The number of carbonyl (C=O) groups excluding carboxylic acids is 1. The summed E-state index contributed by atoms with van der Waals surface area (Å²) < 4.78 is 69.6. The number of nitrogens with zero attached hydrogens (tertiary/aromatic N) is 2.